The Morgan fingerprint density at radius 1 is 1.20 bits per heavy atom. The molecule has 1 aromatic rings. The fourth-order valence-corrected chi connectivity index (χ4v) is 1.80. The highest BCUT2D eigenvalue weighted by molar-refractivity contribution is 5.25. The molecule has 0 amide bonds. The van der Waals surface area contributed by atoms with Gasteiger partial charge in [-0.3, -0.25) is 0 Å². The summed E-state index contributed by atoms with van der Waals surface area (Å²) >= 11 is 0. The molecule has 1 aromatic carbocycles. The van der Waals surface area contributed by atoms with E-state index in [0.29, 0.717) is 26.4 Å². The largest absolute Gasteiger partial charge is 0.389 e. The molecule has 0 aliphatic heterocycles. The van der Waals surface area contributed by atoms with Crippen LogP contribution in [0, 0.1) is 6.92 Å². The molecule has 0 aromatic heterocycles. The molecule has 0 radical (unpaired) electrons. The average molecular weight is 281 g/mol. The van der Waals surface area contributed by atoms with Crippen molar-refractivity contribution in [2.45, 2.75) is 39.5 Å². The molecular formula is C16H27NO3. The molecule has 1 unspecified atom stereocenters. The Morgan fingerprint density at radius 3 is 2.65 bits per heavy atom. The van der Waals surface area contributed by atoms with Crippen LogP contribution in [0.15, 0.2) is 24.3 Å². The van der Waals surface area contributed by atoms with E-state index in [1.807, 2.05) is 26.0 Å². The second-order valence-electron chi connectivity index (χ2n) is 5.21. The summed E-state index contributed by atoms with van der Waals surface area (Å²) < 4.78 is 10.7. The highest BCUT2D eigenvalue weighted by atomic mass is 16.5. The van der Waals surface area contributed by atoms with Gasteiger partial charge in [-0.05, 0) is 31.9 Å². The van der Waals surface area contributed by atoms with E-state index in [9.17, 15) is 5.11 Å². The van der Waals surface area contributed by atoms with Crippen LogP contribution in [0.25, 0.3) is 0 Å². The zero-order valence-electron chi connectivity index (χ0n) is 12.8. The van der Waals surface area contributed by atoms with Crippen LogP contribution in [-0.2, 0) is 16.0 Å². The van der Waals surface area contributed by atoms with Crippen LogP contribution in [0.1, 0.15) is 25.0 Å². The Labute approximate surface area is 122 Å². The molecule has 1 rings (SSSR count). The van der Waals surface area contributed by atoms with Gasteiger partial charge in [-0.2, -0.15) is 0 Å². The first-order valence-corrected chi connectivity index (χ1v) is 7.22. The molecule has 4 heteroatoms. The van der Waals surface area contributed by atoms with E-state index in [4.69, 9.17) is 9.47 Å². The van der Waals surface area contributed by atoms with E-state index in [-0.39, 0.29) is 6.10 Å². The lowest BCUT2D eigenvalue weighted by Crippen LogP contribution is -2.30. The Hall–Kier alpha value is -0.940. The first-order chi connectivity index (χ1) is 9.59. The number of ether oxygens (including phenoxy) is 2. The summed E-state index contributed by atoms with van der Waals surface area (Å²) in [5.74, 6) is 0. The standard InChI is InChI=1S/C16H27NO3/c1-13(2)20-9-8-19-12-16(18)11-17-10-15-7-5-4-6-14(15)3/h4-7,13,16-18H,8-12H2,1-3H3. The first-order valence-electron chi connectivity index (χ1n) is 7.22. The summed E-state index contributed by atoms with van der Waals surface area (Å²) in [6.45, 7) is 8.79. The van der Waals surface area contributed by atoms with Crippen LogP contribution >= 0.6 is 0 Å². The number of aliphatic hydroxyl groups is 1. The van der Waals surface area contributed by atoms with Crippen LogP contribution in [0.2, 0.25) is 0 Å². The van der Waals surface area contributed by atoms with Gasteiger partial charge in [0.05, 0.1) is 32.0 Å². The maximum atomic E-state index is 9.78. The minimum atomic E-state index is -0.488. The fraction of sp³-hybridized carbons (Fsp3) is 0.625. The molecule has 114 valence electrons. The quantitative estimate of drug-likeness (QED) is 0.643. The number of benzene rings is 1. The van der Waals surface area contributed by atoms with Gasteiger partial charge in [-0.15, -0.1) is 0 Å². The number of aryl methyl sites for hydroxylation is 1. The molecule has 0 spiro atoms. The van der Waals surface area contributed by atoms with Gasteiger partial charge in [0, 0.05) is 13.1 Å². The average Bonchev–Trinajstić information content (AvgIpc) is 2.40. The summed E-state index contributed by atoms with van der Waals surface area (Å²) in [6, 6.07) is 8.23. The van der Waals surface area contributed by atoms with Crippen LogP contribution in [0.5, 0.6) is 0 Å². The van der Waals surface area contributed by atoms with Crippen molar-refractivity contribution in [3.8, 4) is 0 Å². The molecule has 20 heavy (non-hydrogen) atoms. The second-order valence-corrected chi connectivity index (χ2v) is 5.21. The maximum absolute atomic E-state index is 9.78. The maximum Gasteiger partial charge on any atom is 0.0897 e. The Kier molecular flexibility index (Phi) is 8.46. The van der Waals surface area contributed by atoms with E-state index in [2.05, 4.69) is 24.4 Å². The molecule has 0 bridgehead atoms. The highest BCUT2D eigenvalue weighted by Gasteiger charge is 2.04. The van der Waals surface area contributed by atoms with Crippen molar-refractivity contribution in [3.05, 3.63) is 35.4 Å². The number of nitrogens with one attached hydrogen (secondary N) is 1. The van der Waals surface area contributed by atoms with Gasteiger partial charge < -0.3 is 19.9 Å². The summed E-state index contributed by atoms with van der Waals surface area (Å²) in [4.78, 5) is 0. The third-order valence-electron chi connectivity index (χ3n) is 2.95. The summed E-state index contributed by atoms with van der Waals surface area (Å²) in [7, 11) is 0. The normalized spacial score (nSPS) is 12.8. The van der Waals surface area contributed by atoms with Gasteiger partial charge in [-0.1, -0.05) is 24.3 Å². The van der Waals surface area contributed by atoms with Crippen LogP contribution < -0.4 is 5.32 Å². The van der Waals surface area contributed by atoms with Crippen molar-refractivity contribution in [3.63, 3.8) is 0 Å². The van der Waals surface area contributed by atoms with E-state index < -0.39 is 6.10 Å². The molecule has 1 atom stereocenters. The summed E-state index contributed by atoms with van der Waals surface area (Å²) in [5.41, 5.74) is 2.52. The highest BCUT2D eigenvalue weighted by Crippen LogP contribution is 2.05. The van der Waals surface area contributed by atoms with Gasteiger partial charge in [-0.25, -0.2) is 0 Å². The van der Waals surface area contributed by atoms with E-state index in [1.165, 1.54) is 11.1 Å². The predicted octanol–water partition coefficient (Wildman–Crippen LogP) is 1.89. The van der Waals surface area contributed by atoms with Gasteiger partial charge in [0.1, 0.15) is 0 Å². The van der Waals surface area contributed by atoms with Crippen LogP contribution in [-0.4, -0.2) is 43.7 Å². The lowest BCUT2D eigenvalue weighted by Gasteiger charge is -2.14. The van der Waals surface area contributed by atoms with Crippen molar-refractivity contribution in [1.82, 2.24) is 5.32 Å². The SMILES string of the molecule is Cc1ccccc1CNCC(O)COCCOC(C)C. The number of aliphatic hydroxyl groups excluding tert-OH is 1. The second kappa shape index (κ2) is 9.88. The molecular weight excluding hydrogens is 254 g/mol. The smallest absolute Gasteiger partial charge is 0.0897 e. The molecule has 0 fully saturated rings. The van der Waals surface area contributed by atoms with E-state index in [1.54, 1.807) is 0 Å². The van der Waals surface area contributed by atoms with Crippen molar-refractivity contribution in [2.75, 3.05) is 26.4 Å². The predicted molar refractivity (Wildman–Crippen MR) is 80.8 cm³/mol. The number of rotatable bonds is 10. The van der Waals surface area contributed by atoms with Crippen molar-refractivity contribution in [1.29, 1.82) is 0 Å². The monoisotopic (exact) mass is 281 g/mol. The molecule has 0 saturated heterocycles. The molecule has 0 heterocycles. The molecule has 4 nitrogen and oxygen atoms in total. The van der Waals surface area contributed by atoms with Crippen LogP contribution in [0.4, 0.5) is 0 Å². The lowest BCUT2D eigenvalue weighted by molar-refractivity contribution is -0.0100. The van der Waals surface area contributed by atoms with E-state index >= 15 is 0 Å². The minimum absolute atomic E-state index is 0.222. The topological polar surface area (TPSA) is 50.7 Å². The molecule has 0 aliphatic carbocycles. The molecule has 0 aliphatic rings. The summed E-state index contributed by atoms with van der Waals surface area (Å²) in [5, 5.41) is 13.0. The van der Waals surface area contributed by atoms with Crippen molar-refractivity contribution < 1.29 is 14.6 Å². The Morgan fingerprint density at radius 2 is 1.95 bits per heavy atom. The first kappa shape index (κ1) is 17.1. The Bertz CT molecular complexity index is 368. The zero-order chi connectivity index (χ0) is 14.8. The van der Waals surface area contributed by atoms with Gasteiger partial charge in [0.15, 0.2) is 0 Å². The summed E-state index contributed by atoms with van der Waals surface area (Å²) in [6.07, 6.45) is -0.266. The number of hydrogen-bond acceptors (Lipinski definition) is 4. The Balaban J connectivity index is 2.05. The fourth-order valence-electron chi connectivity index (χ4n) is 1.80. The molecule has 2 N–H and O–H groups in total. The molecule has 0 saturated carbocycles. The third kappa shape index (κ3) is 7.60. The minimum Gasteiger partial charge on any atom is -0.389 e. The number of hydrogen-bond donors (Lipinski definition) is 2. The zero-order valence-corrected chi connectivity index (χ0v) is 12.8. The van der Waals surface area contributed by atoms with E-state index in [0.717, 1.165) is 6.54 Å². The third-order valence-corrected chi connectivity index (χ3v) is 2.95. The van der Waals surface area contributed by atoms with Crippen LogP contribution in [0.3, 0.4) is 0 Å². The van der Waals surface area contributed by atoms with Crippen molar-refractivity contribution >= 4 is 0 Å². The van der Waals surface area contributed by atoms with Crippen molar-refractivity contribution in [2.24, 2.45) is 0 Å². The lowest BCUT2D eigenvalue weighted by atomic mass is 10.1. The van der Waals surface area contributed by atoms with Gasteiger partial charge in [0.25, 0.3) is 0 Å². The van der Waals surface area contributed by atoms with Gasteiger partial charge in [0.2, 0.25) is 0 Å². The van der Waals surface area contributed by atoms with Gasteiger partial charge >= 0.3 is 0 Å².